The van der Waals surface area contributed by atoms with Crippen molar-refractivity contribution in [3.05, 3.63) is 65.5 Å². The van der Waals surface area contributed by atoms with Gasteiger partial charge in [0.25, 0.3) is 0 Å². The van der Waals surface area contributed by atoms with Crippen LogP contribution in [-0.2, 0) is 11.2 Å². The van der Waals surface area contributed by atoms with Gasteiger partial charge >= 0.3 is 0 Å². The number of nitrogens with one attached hydrogen (secondary N) is 2. The number of ether oxygens (including phenoxy) is 1. The Morgan fingerprint density at radius 1 is 1.17 bits per heavy atom. The molecule has 2 atom stereocenters. The smallest absolute Gasteiger partial charge is 0.240 e. The molecule has 0 aliphatic carbocycles. The standard InChI is InChI=1S/C21H23N5O2S/c1-4-17-23-24-21-26(17)25-18(14-7-11-16(28-3)12-8-14)19(29-21)20(27)22-15-9-5-13(2)6-10-15/h5-12,18-19,25H,4H2,1-3H3,(H,22,27). The zero-order valence-electron chi connectivity index (χ0n) is 16.5. The Kier molecular flexibility index (Phi) is 5.44. The maximum atomic E-state index is 13.2. The molecule has 7 nitrogen and oxygen atoms in total. The molecule has 3 aromatic rings. The second kappa shape index (κ2) is 8.16. The van der Waals surface area contributed by atoms with Gasteiger partial charge in [0.2, 0.25) is 11.1 Å². The van der Waals surface area contributed by atoms with Crippen LogP contribution in [0.25, 0.3) is 0 Å². The van der Waals surface area contributed by atoms with Gasteiger partial charge < -0.3 is 15.5 Å². The Labute approximate surface area is 173 Å². The summed E-state index contributed by atoms with van der Waals surface area (Å²) in [7, 11) is 1.64. The number of thioether (sulfide) groups is 1. The van der Waals surface area contributed by atoms with Crippen molar-refractivity contribution in [1.29, 1.82) is 0 Å². The number of rotatable bonds is 5. The minimum atomic E-state index is -0.411. The molecule has 0 bridgehead atoms. The molecule has 4 rings (SSSR count). The first-order valence-corrected chi connectivity index (χ1v) is 10.4. The first kappa shape index (κ1) is 19.3. The van der Waals surface area contributed by atoms with Crippen molar-refractivity contribution in [2.24, 2.45) is 0 Å². The molecule has 29 heavy (non-hydrogen) atoms. The molecule has 1 aromatic heterocycles. The third kappa shape index (κ3) is 3.93. The van der Waals surface area contributed by atoms with Crippen molar-refractivity contribution in [2.45, 2.75) is 36.7 Å². The molecule has 2 N–H and O–H groups in total. The fraction of sp³-hybridized carbons (Fsp3) is 0.286. The number of carbonyl (C=O) groups is 1. The predicted molar refractivity (Wildman–Crippen MR) is 114 cm³/mol. The van der Waals surface area contributed by atoms with E-state index in [0.717, 1.165) is 34.8 Å². The lowest BCUT2D eigenvalue weighted by Gasteiger charge is -2.33. The number of anilines is 1. The Balaban J connectivity index is 1.65. The van der Waals surface area contributed by atoms with E-state index in [2.05, 4.69) is 20.9 Å². The van der Waals surface area contributed by atoms with E-state index in [4.69, 9.17) is 4.74 Å². The van der Waals surface area contributed by atoms with E-state index < -0.39 is 5.25 Å². The molecule has 2 heterocycles. The summed E-state index contributed by atoms with van der Waals surface area (Å²) in [6, 6.07) is 15.3. The molecule has 0 saturated heterocycles. The molecule has 2 unspecified atom stereocenters. The molecule has 0 spiro atoms. The number of methoxy groups -OCH3 is 1. The van der Waals surface area contributed by atoms with Gasteiger partial charge in [-0.05, 0) is 36.8 Å². The van der Waals surface area contributed by atoms with Gasteiger partial charge in [0.05, 0.1) is 13.2 Å². The number of carbonyl (C=O) groups excluding carboxylic acids is 1. The van der Waals surface area contributed by atoms with Crippen LogP contribution in [0.1, 0.15) is 29.9 Å². The van der Waals surface area contributed by atoms with Crippen LogP contribution in [0.4, 0.5) is 5.69 Å². The summed E-state index contributed by atoms with van der Waals surface area (Å²) in [5.41, 5.74) is 6.36. The second-order valence-electron chi connectivity index (χ2n) is 6.86. The molecule has 1 amide bonds. The lowest BCUT2D eigenvalue weighted by molar-refractivity contribution is -0.116. The average molecular weight is 410 g/mol. The molecule has 2 aromatic carbocycles. The molecular formula is C21H23N5O2S. The molecule has 0 fully saturated rings. The second-order valence-corrected chi connectivity index (χ2v) is 7.97. The topological polar surface area (TPSA) is 81.1 Å². The van der Waals surface area contributed by atoms with E-state index in [0.29, 0.717) is 5.16 Å². The number of aryl methyl sites for hydroxylation is 2. The van der Waals surface area contributed by atoms with Gasteiger partial charge in [-0.15, -0.1) is 10.2 Å². The van der Waals surface area contributed by atoms with Gasteiger partial charge in [-0.3, -0.25) is 4.79 Å². The molecule has 1 aliphatic heterocycles. The number of fused-ring (bicyclic) bond motifs is 1. The summed E-state index contributed by atoms with van der Waals surface area (Å²) in [5, 5.41) is 11.8. The van der Waals surface area contributed by atoms with Crippen molar-refractivity contribution in [2.75, 3.05) is 17.9 Å². The van der Waals surface area contributed by atoms with Gasteiger partial charge in [0.1, 0.15) is 11.0 Å². The maximum absolute atomic E-state index is 13.2. The van der Waals surface area contributed by atoms with Crippen LogP contribution in [0.2, 0.25) is 0 Å². The molecule has 0 saturated carbocycles. The Morgan fingerprint density at radius 2 is 1.90 bits per heavy atom. The molecular weight excluding hydrogens is 386 g/mol. The van der Waals surface area contributed by atoms with Gasteiger partial charge in [-0.1, -0.05) is 48.5 Å². The van der Waals surface area contributed by atoms with E-state index >= 15 is 0 Å². The van der Waals surface area contributed by atoms with E-state index in [1.165, 1.54) is 11.8 Å². The summed E-state index contributed by atoms with van der Waals surface area (Å²) in [4.78, 5) is 13.2. The van der Waals surface area contributed by atoms with E-state index in [-0.39, 0.29) is 11.9 Å². The number of nitrogens with zero attached hydrogens (tertiary/aromatic N) is 3. The van der Waals surface area contributed by atoms with E-state index in [1.807, 2.05) is 67.1 Å². The molecule has 0 radical (unpaired) electrons. The number of hydrogen-bond donors (Lipinski definition) is 2. The van der Waals surface area contributed by atoms with Gasteiger partial charge in [-0.2, -0.15) is 0 Å². The summed E-state index contributed by atoms with van der Waals surface area (Å²) >= 11 is 1.42. The number of aromatic nitrogens is 3. The van der Waals surface area contributed by atoms with Crippen molar-refractivity contribution in [1.82, 2.24) is 14.9 Å². The van der Waals surface area contributed by atoms with Gasteiger partial charge in [0, 0.05) is 12.1 Å². The third-order valence-electron chi connectivity index (χ3n) is 4.87. The third-order valence-corrected chi connectivity index (χ3v) is 6.09. The van der Waals surface area contributed by atoms with E-state index in [1.54, 1.807) is 7.11 Å². The minimum absolute atomic E-state index is 0.0838. The fourth-order valence-electron chi connectivity index (χ4n) is 3.24. The van der Waals surface area contributed by atoms with Crippen LogP contribution in [0.15, 0.2) is 53.7 Å². The highest BCUT2D eigenvalue weighted by Crippen LogP contribution is 2.38. The van der Waals surface area contributed by atoms with Crippen molar-refractivity contribution >= 4 is 23.4 Å². The largest absolute Gasteiger partial charge is 0.497 e. The fourth-order valence-corrected chi connectivity index (χ4v) is 4.34. The number of benzene rings is 2. The average Bonchev–Trinajstić information content (AvgIpc) is 3.16. The highest BCUT2D eigenvalue weighted by Gasteiger charge is 2.37. The normalized spacial score (nSPS) is 17.9. The Hall–Kier alpha value is -3.00. The molecule has 1 aliphatic rings. The van der Waals surface area contributed by atoms with Gasteiger partial charge in [0.15, 0.2) is 5.82 Å². The van der Waals surface area contributed by atoms with Crippen molar-refractivity contribution in [3.8, 4) is 5.75 Å². The highest BCUT2D eigenvalue weighted by molar-refractivity contribution is 8.00. The highest BCUT2D eigenvalue weighted by atomic mass is 32.2. The first-order chi connectivity index (χ1) is 14.1. The summed E-state index contributed by atoms with van der Waals surface area (Å²) in [6.07, 6.45) is 0.746. The SMILES string of the molecule is CCc1nnc2n1NC(c1ccc(OC)cc1)C(C(=O)Nc1ccc(C)cc1)S2. The quantitative estimate of drug-likeness (QED) is 0.671. The van der Waals surface area contributed by atoms with Crippen LogP contribution in [-0.4, -0.2) is 33.1 Å². The Bertz CT molecular complexity index is 1000. The zero-order valence-corrected chi connectivity index (χ0v) is 17.4. The van der Waals surface area contributed by atoms with Gasteiger partial charge in [-0.25, -0.2) is 4.68 Å². The minimum Gasteiger partial charge on any atom is -0.497 e. The van der Waals surface area contributed by atoms with Crippen LogP contribution < -0.4 is 15.5 Å². The van der Waals surface area contributed by atoms with Crippen molar-refractivity contribution < 1.29 is 9.53 Å². The predicted octanol–water partition coefficient (Wildman–Crippen LogP) is 3.56. The summed E-state index contributed by atoms with van der Waals surface area (Å²) in [6.45, 7) is 4.05. The molecule has 8 heteroatoms. The molecule has 150 valence electrons. The lowest BCUT2D eigenvalue weighted by Crippen LogP contribution is -2.41. The van der Waals surface area contributed by atoms with Crippen LogP contribution >= 0.6 is 11.8 Å². The Morgan fingerprint density at radius 3 is 2.55 bits per heavy atom. The number of amides is 1. The maximum Gasteiger partial charge on any atom is 0.240 e. The van der Waals surface area contributed by atoms with Crippen LogP contribution in [0.5, 0.6) is 5.75 Å². The van der Waals surface area contributed by atoms with E-state index in [9.17, 15) is 4.79 Å². The number of hydrogen-bond acceptors (Lipinski definition) is 6. The summed E-state index contributed by atoms with van der Waals surface area (Å²) in [5.74, 6) is 1.53. The summed E-state index contributed by atoms with van der Waals surface area (Å²) < 4.78 is 7.15. The monoisotopic (exact) mass is 409 g/mol. The first-order valence-electron chi connectivity index (χ1n) is 9.48. The lowest BCUT2D eigenvalue weighted by atomic mass is 10.0. The zero-order chi connectivity index (χ0) is 20.4. The van der Waals surface area contributed by atoms with Crippen LogP contribution in [0.3, 0.4) is 0 Å². The van der Waals surface area contributed by atoms with Crippen molar-refractivity contribution in [3.63, 3.8) is 0 Å². The van der Waals surface area contributed by atoms with Crippen LogP contribution in [0, 0.1) is 6.92 Å².